The third-order valence-electron chi connectivity index (χ3n) is 4.01. The van der Waals surface area contributed by atoms with Crippen LogP contribution in [0.4, 0.5) is 0 Å². The quantitative estimate of drug-likeness (QED) is 0.840. The Morgan fingerprint density at radius 3 is 2.60 bits per heavy atom. The Morgan fingerprint density at radius 1 is 1.30 bits per heavy atom. The molecule has 1 saturated heterocycles. The number of benzene rings is 1. The van der Waals surface area contributed by atoms with Gasteiger partial charge in [-0.15, -0.1) is 0 Å². The maximum absolute atomic E-state index is 10.5. The Morgan fingerprint density at radius 2 is 2.00 bits per heavy atom. The smallest absolute Gasteiger partial charge is 0.162 e. The van der Waals surface area contributed by atoms with Gasteiger partial charge in [0, 0.05) is 18.2 Å². The van der Waals surface area contributed by atoms with Crippen molar-refractivity contribution < 1.29 is 14.9 Å². The molecule has 0 spiro atoms. The summed E-state index contributed by atoms with van der Waals surface area (Å²) in [5.74, 6) is 0.821. The molecule has 1 aliphatic rings. The van der Waals surface area contributed by atoms with Crippen LogP contribution in [-0.4, -0.2) is 41.4 Å². The zero-order valence-electron chi connectivity index (χ0n) is 12.4. The van der Waals surface area contributed by atoms with Crippen molar-refractivity contribution in [2.24, 2.45) is 5.92 Å². The molecular formula is C16H25NO3. The molecule has 2 N–H and O–H groups in total. The Labute approximate surface area is 121 Å². The van der Waals surface area contributed by atoms with Gasteiger partial charge in [0.1, 0.15) is 0 Å². The highest BCUT2D eigenvalue weighted by atomic mass is 16.5. The van der Waals surface area contributed by atoms with Crippen LogP contribution in [0.1, 0.15) is 38.3 Å². The van der Waals surface area contributed by atoms with Crippen LogP contribution >= 0.6 is 0 Å². The van der Waals surface area contributed by atoms with Gasteiger partial charge in [0.15, 0.2) is 11.5 Å². The van der Waals surface area contributed by atoms with Crippen molar-refractivity contribution in [1.29, 1.82) is 0 Å². The number of nitrogens with zero attached hydrogens (tertiary/aromatic N) is 1. The third kappa shape index (κ3) is 3.07. The van der Waals surface area contributed by atoms with Crippen LogP contribution in [0.2, 0.25) is 0 Å². The minimum absolute atomic E-state index is 0.0444. The summed E-state index contributed by atoms with van der Waals surface area (Å²) < 4.78 is 5.47. The lowest BCUT2D eigenvalue weighted by molar-refractivity contribution is 0.123. The predicted molar refractivity (Wildman–Crippen MR) is 79.1 cm³/mol. The van der Waals surface area contributed by atoms with E-state index in [9.17, 15) is 10.2 Å². The molecule has 2 rings (SSSR count). The first-order valence-corrected chi connectivity index (χ1v) is 7.48. The highest BCUT2D eigenvalue weighted by Gasteiger charge is 2.30. The van der Waals surface area contributed by atoms with E-state index in [1.165, 1.54) is 12.8 Å². The summed E-state index contributed by atoms with van der Waals surface area (Å²) in [6.45, 7) is 6.61. The molecule has 1 aliphatic heterocycles. The average molecular weight is 279 g/mol. The minimum atomic E-state index is 0.0444. The molecule has 1 heterocycles. The maximum atomic E-state index is 10.5. The van der Waals surface area contributed by atoms with Crippen molar-refractivity contribution in [3.8, 4) is 11.5 Å². The lowest BCUT2D eigenvalue weighted by Gasteiger charge is -2.32. The number of hydrogen-bond acceptors (Lipinski definition) is 4. The van der Waals surface area contributed by atoms with Crippen molar-refractivity contribution in [2.45, 2.75) is 32.7 Å². The van der Waals surface area contributed by atoms with Gasteiger partial charge in [-0.2, -0.15) is 0 Å². The molecule has 1 aromatic carbocycles. The monoisotopic (exact) mass is 279 g/mol. The summed E-state index contributed by atoms with van der Waals surface area (Å²) in [5.41, 5.74) is 0.861. The van der Waals surface area contributed by atoms with Crippen LogP contribution in [0.25, 0.3) is 0 Å². The van der Waals surface area contributed by atoms with Crippen molar-refractivity contribution >= 4 is 0 Å². The lowest BCUT2D eigenvalue weighted by atomic mass is 9.92. The number of likely N-dealkylation sites (tertiary alicyclic amines) is 1. The number of phenolic OH excluding ortho intramolecular Hbond substituents is 1. The first-order chi connectivity index (χ1) is 9.69. The number of aliphatic hydroxyl groups is 1. The Balaban J connectivity index is 2.35. The van der Waals surface area contributed by atoms with Gasteiger partial charge in [0.25, 0.3) is 0 Å². The SMILES string of the molecule is CCOc1cccc(C(C(C)CO)N2CCCC2)c1O. The standard InChI is InChI=1S/C16H25NO3/c1-3-20-14-8-6-7-13(16(14)19)15(12(2)11-18)17-9-4-5-10-17/h6-8,12,15,18-19H,3-5,9-11H2,1-2H3. The van der Waals surface area contributed by atoms with Crippen molar-refractivity contribution in [1.82, 2.24) is 4.90 Å². The van der Waals surface area contributed by atoms with Gasteiger partial charge in [0.2, 0.25) is 0 Å². The molecule has 4 nitrogen and oxygen atoms in total. The molecule has 2 unspecified atom stereocenters. The van der Waals surface area contributed by atoms with Gasteiger partial charge < -0.3 is 14.9 Å². The zero-order chi connectivity index (χ0) is 14.5. The van der Waals surface area contributed by atoms with Crippen LogP contribution in [0.15, 0.2) is 18.2 Å². The first kappa shape index (κ1) is 15.1. The summed E-state index contributed by atoms with van der Waals surface area (Å²) in [6, 6.07) is 5.68. The van der Waals surface area contributed by atoms with E-state index in [1.807, 2.05) is 26.0 Å². The van der Waals surface area contributed by atoms with E-state index in [4.69, 9.17) is 4.74 Å². The Bertz CT molecular complexity index is 430. The van der Waals surface area contributed by atoms with E-state index < -0.39 is 0 Å². The van der Waals surface area contributed by atoms with E-state index in [0.717, 1.165) is 18.7 Å². The molecule has 0 aromatic heterocycles. The summed E-state index contributed by atoms with van der Waals surface area (Å²) in [6.07, 6.45) is 2.36. The molecule has 2 atom stereocenters. The van der Waals surface area contributed by atoms with Crippen molar-refractivity contribution in [3.63, 3.8) is 0 Å². The second-order valence-electron chi connectivity index (χ2n) is 5.47. The summed E-state index contributed by atoms with van der Waals surface area (Å²) in [4.78, 5) is 2.35. The first-order valence-electron chi connectivity index (χ1n) is 7.48. The molecule has 0 amide bonds. The van der Waals surface area contributed by atoms with Gasteiger partial charge in [-0.1, -0.05) is 19.1 Å². The minimum Gasteiger partial charge on any atom is -0.504 e. The Hall–Kier alpha value is -1.26. The van der Waals surface area contributed by atoms with Gasteiger partial charge in [-0.3, -0.25) is 4.90 Å². The van der Waals surface area contributed by atoms with Gasteiger partial charge in [-0.05, 0) is 44.8 Å². The Kier molecular flexibility index (Phi) is 5.26. The number of aromatic hydroxyl groups is 1. The predicted octanol–water partition coefficient (Wildman–Crippen LogP) is 2.56. The largest absolute Gasteiger partial charge is 0.504 e. The number of para-hydroxylation sites is 1. The molecule has 0 aliphatic carbocycles. The summed E-state index contributed by atoms with van der Waals surface area (Å²) in [7, 11) is 0. The molecule has 4 heteroatoms. The van der Waals surface area contributed by atoms with E-state index in [0.29, 0.717) is 12.4 Å². The van der Waals surface area contributed by atoms with Crippen LogP contribution in [-0.2, 0) is 0 Å². The topological polar surface area (TPSA) is 52.9 Å². The highest BCUT2D eigenvalue weighted by Crippen LogP contribution is 2.40. The van der Waals surface area contributed by atoms with E-state index in [2.05, 4.69) is 4.90 Å². The van der Waals surface area contributed by atoms with E-state index in [-0.39, 0.29) is 24.3 Å². The average Bonchev–Trinajstić information content (AvgIpc) is 2.97. The molecule has 0 radical (unpaired) electrons. The van der Waals surface area contributed by atoms with E-state index >= 15 is 0 Å². The fourth-order valence-corrected chi connectivity index (χ4v) is 3.03. The van der Waals surface area contributed by atoms with E-state index in [1.54, 1.807) is 6.07 Å². The fourth-order valence-electron chi connectivity index (χ4n) is 3.03. The molecule has 112 valence electrons. The normalized spacial score (nSPS) is 18.9. The number of ether oxygens (including phenoxy) is 1. The van der Waals surface area contributed by atoms with Crippen LogP contribution in [0.3, 0.4) is 0 Å². The van der Waals surface area contributed by atoms with Crippen LogP contribution in [0.5, 0.6) is 11.5 Å². The number of hydrogen-bond donors (Lipinski definition) is 2. The number of rotatable bonds is 6. The third-order valence-corrected chi connectivity index (χ3v) is 4.01. The molecule has 20 heavy (non-hydrogen) atoms. The van der Waals surface area contributed by atoms with Crippen molar-refractivity contribution in [2.75, 3.05) is 26.3 Å². The van der Waals surface area contributed by atoms with Gasteiger partial charge >= 0.3 is 0 Å². The highest BCUT2D eigenvalue weighted by molar-refractivity contribution is 5.47. The zero-order valence-corrected chi connectivity index (χ0v) is 12.4. The molecule has 0 bridgehead atoms. The van der Waals surface area contributed by atoms with Gasteiger partial charge in [0.05, 0.1) is 6.61 Å². The van der Waals surface area contributed by atoms with Crippen molar-refractivity contribution in [3.05, 3.63) is 23.8 Å². The van der Waals surface area contributed by atoms with Crippen LogP contribution in [0, 0.1) is 5.92 Å². The second-order valence-corrected chi connectivity index (χ2v) is 5.47. The van der Waals surface area contributed by atoms with Gasteiger partial charge in [-0.25, -0.2) is 0 Å². The van der Waals surface area contributed by atoms with Crippen LogP contribution < -0.4 is 4.74 Å². The number of aliphatic hydroxyl groups excluding tert-OH is 1. The molecule has 1 aromatic rings. The molecule has 0 saturated carbocycles. The fraction of sp³-hybridized carbons (Fsp3) is 0.625. The maximum Gasteiger partial charge on any atom is 0.162 e. The summed E-state index contributed by atoms with van der Waals surface area (Å²) >= 11 is 0. The molecular weight excluding hydrogens is 254 g/mol. The molecule has 1 fully saturated rings. The summed E-state index contributed by atoms with van der Waals surface area (Å²) in [5, 5.41) is 20.0. The second kappa shape index (κ2) is 6.95. The lowest BCUT2D eigenvalue weighted by Crippen LogP contribution is -2.32. The number of phenols is 1.